The molecule has 4 nitrogen and oxygen atoms in total. The molecule has 1 atom stereocenters. The van der Waals surface area contributed by atoms with Gasteiger partial charge in [0.15, 0.2) is 5.82 Å². The van der Waals surface area contributed by atoms with Crippen LogP contribution in [0, 0.1) is 0 Å². The Bertz CT molecular complexity index is 493. The molecular weight excluding hydrogens is 246 g/mol. The minimum absolute atomic E-state index is 0.0760. The highest BCUT2D eigenvalue weighted by Crippen LogP contribution is 2.23. The van der Waals surface area contributed by atoms with Gasteiger partial charge in [0.2, 0.25) is 5.89 Å². The summed E-state index contributed by atoms with van der Waals surface area (Å²) in [5.41, 5.74) is 6.95. The Morgan fingerprint density at radius 3 is 2.61 bits per heavy atom. The van der Waals surface area contributed by atoms with Crippen molar-refractivity contribution in [2.24, 2.45) is 5.73 Å². The summed E-state index contributed by atoms with van der Waals surface area (Å²) in [7, 11) is 0. The Balaban J connectivity index is 1.93. The number of nitrogens with zero attached hydrogens (tertiary/aromatic N) is 2. The van der Waals surface area contributed by atoms with Crippen LogP contribution in [0.3, 0.4) is 0 Å². The Hall–Kier alpha value is -1.33. The zero-order valence-corrected chi connectivity index (χ0v) is 11.4. The molecule has 1 aromatic carbocycles. The van der Waals surface area contributed by atoms with Gasteiger partial charge in [-0.2, -0.15) is 4.98 Å². The summed E-state index contributed by atoms with van der Waals surface area (Å²) < 4.78 is 5.14. The van der Waals surface area contributed by atoms with Crippen LogP contribution in [-0.2, 0) is 12.2 Å². The summed E-state index contributed by atoms with van der Waals surface area (Å²) in [6.45, 7) is 3.99. The van der Waals surface area contributed by atoms with E-state index in [9.17, 15) is 0 Å². The highest BCUT2D eigenvalue weighted by molar-refractivity contribution is 7.98. The molecule has 18 heavy (non-hydrogen) atoms. The molecule has 1 heterocycles. The smallest absolute Gasteiger partial charge is 0.237 e. The molecule has 2 aromatic rings. The van der Waals surface area contributed by atoms with Gasteiger partial charge < -0.3 is 10.3 Å². The molecule has 2 N–H and O–H groups in total. The predicted octanol–water partition coefficient (Wildman–Crippen LogP) is 2.94. The van der Waals surface area contributed by atoms with Crippen LogP contribution in [-0.4, -0.2) is 10.1 Å². The minimum atomic E-state index is 0.0760. The SMILES string of the molecule is CCc1noc(CSc2ccc(C(C)N)cc2)n1. The second-order valence-electron chi connectivity index (χ2n) is 4.10. The quantitative estimate of drug-likeness (QED) is 0.840. The van der Waals surface area contributed by atoms with Crippen molar-refractivity contribution >= 4 is 11.8 Å². The van der Waals surface area contributed by atoms with Gasteiger partial charge in [0, 0.05) is 17.4 Å². The maximum absolute atomic E-state index is 5.81. The van der Waals surface area contributed by atoms with Crippen molar-refractivity contribution in [3.05, 3.63) is 41.5 Å². The number of thioether (sulfide) groups is 1. The summed E-state index contributed by atoms with van der Waals surface area (Å²) in [5, 5.41) is 3.87. The van der Waals surface area contributed by atoms with E-state index in [0.717, 1.165) is 17.8 Å². The van der Waals surface area contributed by atoms with Crippen LogP contribution in [0.15, 0.2) is 33.7 Å². The second kappa shape index (κ2) is 6.02. The summed E-state index contributed by atoms with van der Waals surface area (Å²) in [4.78, 5) is 5.45. The van der Waals surface area contributed by atoms with Crippen molar-refractivity contribution in [1.82, 2.24) is 10.1 Å². The van der Waals surface area contributed by atoms with Gasteiger partial charge in [-0.3, -0.25) is 0 Å². The fourth-order valence-corrected chi connectivity index (χ4v) is 2.24. The molecule has 0 radical (unpaired) electrons. The number of rotatable bonds is 5. The highest BCUT2D eigenvalue weighted by Gasteiger charge is 2.05. The molecule has 2 rings (SSSR count). The third-order valence-corrected chi connectivity index (χ3v) is 3.59. The van der Waals surface area contributed by atoms with Gasteiger partial charge in [-0.1, -0.05) is 24.2 Å². The van der Waals surface area contributed by atoms with E-state index in [1.54, 1.807) is 11.8 Å². The number of hydrogen-bond acceptors (Lipinski definition) is 5. The molecule has 0 saturated heterocycles. The van der Waals surface area contributed by atoms with Crippen LogP contribution in [0.5, 0.6) is 0 Å². The third-order valence-electron chi connectivity index (χ3n) is 2.59. The number of aryl methyl sites for hydroxylation is 1. The second-order valence-corrected chi connectivity index (χ2v) is 5.15. The van der Waals surface area contributed by atoms with E-state index < -0.39 is 0 Å². The minimum Gasteiger partial charge on any atom is -0.338 e. The Labute approximate surface area is 111 Å². The zero-order chi connectivity index (χ0) is 13.0. The molecule has 1 aromatic heterocycles. The number of aromatic nitrogens is 2. The van der Waals surface area contributed by atoms with Gasteiger partial charge in [-0.25, -0.2) is 0 Å². The Morgan fingerprint density at radius 1 is 1.33 bits per heavy atom. The van der Waals surface area contributed by atoms with Gasteiger partial charge in [0.25, 0.3) is 0 Å². The Morgan fingerprint density at radius 2 is 2.06 bits per heavy atom. The first-order valence-electron chi connectivity index (χ1n) is 5.99. The van der Waals surface area contributed by atoms with Crippen molar-refractivity contribution in [1.29, 1.82) is 0 Å². The Kier molecular flexibility index (Phi) is 4.38. The molecule has 96 valence electrons. The summed E-state index contributed by atoms with van der Waals surface area (Å²) >= 11 is 1.68. The molecule has 0 spiro atoms. The monoisotopic (exact) mass is 263 g/mol. The predicted molar refractivity (Wildman–Crippen MR) is 72.3 cm³/mol. The lowest BCUT2D eigenvalue weighted by Crippen LogP contribution is -2.04. The molecular formula is C13H17N3OS. The van der Waals surface area contributed by atoms with Crippen LogP contribution in [0.4, 0.5) is 0 Å². The van der Waals surface area contributed by atoms with Gasteiger partial charge in [0.05, 0.1) is 5.75 Å². The molecule has 0 bridgehead atoms. The summed E-state index contributed by atoms with van der Waals surface area (Å²) in [6, 6.07) is 8.32. The van der Waals surface area contributed by atoms with Crippen LogP contribution in [0.25, 0.3) is 0 Å². The van der Waals surface area contributed by atoms with Crippen LogP contribution >= 0.6 is 11.8 Å². The first kappa shape index (κ1) is 13.1. The maximum Gasteiger partial charge on any atom is 0.237 e. The fourth-order valence-electron chi connectivity index (χ4n) is 1.51. The average Bonchev–Trinajstić information content (AvgIpc) is 2.85. The molecule has 1 unspecified atom stereocenters. The third kappa shape index (κ3) is 3.34. The van der Waals surface area contributed by atoms with Crippen LogP contribution < -0.4 is 5.73 Å². The summed E-state index contributed by atoms with van der Waals surface area (Å²) in [6.07, 6.45) is 0.803. The van der Waals surface area contributed by atoms with Gasteiger partial charge in [-0.15, -0.1) is 11.8 Å². The number of nitrogens with two attached hydrogens (primary N) is 1. The normalized spacial score (nSPS) is 12.6. The van der Waals surface area contributed by atoms with Gasteiger partial charge in [0.1, 0.15) is 0 Å². The van der Waals surface area contributed by atoms with E-state index in [1.165, 1.54) is 4.90 Å². The van der Waals surface area contributed by atoms with E-state index in [1.807, 2.05) is 13.8 Å². The van der Waals surface area contributed by atoms with Crippen molar-refractivity contribution < 1.29 is 4.52 Å². The van der Waals surface area contributed by atoms with Crippen LogP contribution in [0.1, 0.15) is 37.2 Å². The van der Waals surface area contributed by atoms with E-state index in [2.05, 4.69) is 34.4 Å². The van der Waals surface area contributed by atoms with Crippen molar-refractivity contribution in [3.8, 4) is 0 Å². The van der Waals surface area contributed by atoms with E-state index in [0.29, 0.717) is 11.6 Å². The lowest BCUT2D eigenvalue weighted by molar-refractivity contribution is 0.385. The zero-order valence-electron chi connectivity index (χ0n) is 10.6. The lowest BCUT2D eigenvalue weighted by Gasteiger charge is -2.05. The first-order chi connectivity index (χ1) is 8.69. The van der Waals surface area contributed by atoms with Crippen molar-refractivity contribution in [2.45, 2.75) is 37.0 Å². The molecule has 0 fully saturated rings. The molecule has 0 aliphatic rings. The summed E-state index contributed by atoms with van der Waals surface area (Å²) in [5.74, 6) is 2.14. The van der Waals surface area contributed by atoms with Gasteiger partial charge in [-0.05, 0) is 24.6 Å². The van der Waals surface area contributed by atoms with Crippen molar-refractivity contribution in [2.75, 3.05) is 0 Å². The number of benzene rings is 1. The highest BCUT2D eigenvalue weighted by atomic mass is 32.2. The fraction of sp³-hybridized carbons (Fsp3) is 0.385. The van der Waals surface area contributed by atoms with Crippen LogP contribution in [0.2, 0.25) is 0 Å². The lowest BCUT2D eigenvalue weighted by atomic mass is 10.1. The van der Waals surface area contributed by atoms with Gasteiger partial charge >= 0.3 is 0 Å². The largest absolute Gasteiger partial charge is 0.338 e. The maximum atomic E-state index is 5.81. The molecule has 0 amide bonds. The molecule has 0 saturated carbocycles. The topological polar surface area (TPSA) is 64.9 Å². The first-order valence-corrected chi connectivity index (χ1v) is 6.97. The molecule has 0 aliphatic heterocycles. The molecule has 5 heteroatoms. The van der Waals surface area contributed by atoms with E-state index in [-0.39, 0.29) is 6.04 Å². The van der Waals surface area contributed by atoms with E-state index in [4.69, 9.17) is 10.3 Å². The van der Waals surface area contributed by atoms with Crippen molar-refractivity contribution in [3.63, 3.8) is 0 Å². The van der Waals surface area contributed by atoms with E-state index >= 15 is 0 Å². The average molecular weight is 263 g/mol. The number of hydrogen-bond donors (Lipinski definition) is 1. The standard InChI is InChI=1S/C13H17N3OS/c1-3-12-15-13(17-16-12)8-18-11-6-4-10(5-7-11)9(2)14/h4-7,9H,3,8,14H2,1-2H3. The molecule has 0 aliphatic carbocycles.